The summed E-state index contributed by atoms with van der Waals surface area (Å²) < 4.78 is 5.19. The van der Waals surface area contributed by atoms with Gasteiger partial charge in [-0.1, -0.05) is 49.7 Å². The fourth-order valence-electron chi connectivity index (χ4n) is 3.64. The number of ether oxygens (including phenoxy) is 1. The van der Waals surface area contributed by atoms with Crippen molar-refractivity contribution in [3.63, 3.8) is 0 Å². The zero-order valence-electron chi connectivity index (χ0n) is 19.8. The average Bonchev–Trinajstić information content (AvgIpc) is 2.85. The van der Waals surface area contributed by atoms with Crippen LogP contribution in [0.15, 0.2) is 66.7 Å². The van der Waals surface area contributed by atoms with Crippen LogP contribution in [-0.2, 0) is 11.2 Å². The maximum Gasteiger partial charge on any atom is 0.320 e. The monoisotopic (exact) mass is 476 g/mol. The number of amides is 3. The first-order valence-electron chi connectivity index (χ1n) is 11.2. The molecule has 0 spiro atoms. The van der Waals surface area contributed by atoms with Crippen LogP contribution in [-0.4, -0.2) is 24.0 Å². The van der Waals surface area contributed by atoms with Gasteiger partial charge in [0.25, 0.3) is 11.6 Å². The molecule has 0 radical (unpaired) electrons. The Balaban J connectivity index is 1.83. The highest BCUT2D eigenvalue weighted by molar-refractivity contribution is 6.00. The van der Waals surface area contributed by atoms with Gasteiger partial charge in [0.2, 0.25) is 0 Å². The van der Waals surface area contributed by atoms with Crippen molar-refractivity contribution in [2.45, 2.75) is 32.7 Å². The summed E-state index contributed by atoms with van der Waals surface area (Å²) in [6.45, 7) is 4.12. The number of carbonyl (C=O) groups is 2. The summed E-state index contributed by atoms with van der Waals surface area (Å²) in [5, 5.41) is 19.2. The second-order valence-electron chi connectivity index (χ2n) is 7.96. The second kappa shape index (κ2) is 11.6. The lowest BCUT2D eigenvalue weighted by Gasteiger charge is -2.20. The molecule has 0 bridgehead atoms. The number of rotatable bonds is 9. The van der Waals surface area contributed by atoms with Crippen LogP contribution in [0.1, 0.15) is 36.1 Å². The highest BCUT2D eigenvalue weighted by Crippen LogP contribution is 2.29. The van der Waals surface area contributed by atoms with Crippen molar-refractivity contribution in [2.75, 3.05) is 17.7 Å². The van der Waals surface area contributed by atoms with Gasteiger partial charge < -0.3 is 20.7 Å². The first-order valence-corrected chi connectivity index (χ1v) is 11.2. The Bertz CT molecular complexity index is 1210. The fraction of sp³-hybridized carbons (Fsp3) is 0.231. The van der Waals surface area contributed by atoms with Gasteiger partial charge in [-0.3, -0.25) is 14.9 Å². The van der Waals surface area contributed by atoms with E-state index in [1.165, 1.54) is 25.3 Å². The van der Waals surface area contributed by atoms with Crippen molar-refractivity contribution < 1.29 is 19.2 Å². The number of urea groups is 1. The Morgan fingerprint density at radius 3 is 2.43 bits per heavy atom. The first kappa shape index (κ1) is 25.2. The maximum absolute atomic E-state index is 13.3. The topological polar surface area (TPSA) is 123 Å². The molecule has 0 aromatic heterocycles. The quantitative estimate of drug-likeness (QED) is 0.283. The standard InChI is InChI=1S/C26H28N4O5/c1-4-8-19-15-20(12-11-17(19)2)27-25(31)24(18-9-6-5-7-10-18)29-26(32)28-22-16-21(30(33)34)13-14-23(22)35-3/h5-7,9-16,24H,4,8H2,1-3H3,(H,27,31)(H2,28,29,32). The summed E-state index contributed by atoms with van der Waals surface area (Å²) in [7, 11) is 1.39. The Labute approximate surface area is 203 Å². The van der Waals surface area contributed by atoms with E-state index in [0.717, 1.165) is 24.0 Å². The number of nitrogens with zero attached hydrogens (tertiary/aromatic N) is 1. The molecule has 0 aliphatic heterocycles. The van der Waals surface area contributed by atoms with Crippen LogP contribution >= 0.6 is 0 Å². The molecule has 3 rings (SSSR count). The van der Waals surface area contributed by atoms with E-state index in [-0.39, 0.29) is 17.1 Å². The van der Waals surface area contributed by atoms with Gasteiger partial charge in [0.15, 0.2) is 0 Å². The molecule has 0 heterocycles. The number of methoxy groups -OCH3 is 1. The van der Waals surface area contributed by atoms with E-state index < -0.39 is 22.9 Å². The van der Waals surface area contributed by atoms with Gasteiger partial charge >= 0.3 is 6.03 Å². The van der Waals surface area contributed by atoms with Crippen LogP contribution in [0.25, 0.3) is 0 Å². The molecule has 0 saturated heterocycles. The van der Waals surface area contributed by atoms with E-state index in [1.54, 1.807) is 24.3 Å². The lowest BCUT2D eigenvalue weighted by molar-refractivity contribution is -0.384. The summed E-state index contributed by atoms with van der Waals surface area (Å²) in [5.74, 6) is -0.182. The molecule has 3 N–H and O–H groups in total. The smallest absolute Gasteiger partial charge is 0.320 e. The molecule has 9 nitrogen and oxygen atoms in total. The number of hydrogen-bond acceptors (Lipinski definition) is 5. The van der Waals surface area contributed by atoms with Crippen LogP contribution < -0.4 is 20.7 Å². The molecule has 182 valence electrons. The molecule has 9 heteroatoms. The number of non-ortho nitro benzene ring substituents is 1. The zero-order valence-corrected chi connectivity index (χ0v) is 19.8. The normalized spacial score (nSPS) is 11.3. The number of anilines is 2. The first-order chi connectivity index (χ1) is 16.8. The molecular weight excluding hydrogens is 448 g/mol. The van der Waals surface area contributed by atoms with Crippen molar-refractivity contribution in [2.24, 2.45) is 0 Å². The fourth-order valence-corrected chi connectivity index (χ4v) is 3.64. The van der Waals surface area contributed by atoms with Crippen molar-refractivity contribution >= 4 is 29.0 Å². The minimum atomic E-state index is -1.02. The minimum Gasteiger partial charge on any atom is -0.495 e. The lowest BCUT2D eigenvalue weighted by atomic mass is 10.0. The van der Waals surface area contributed by atoms with Gasteiger partial charge in [-0.05, 0) is 48.2 Å². The summed E-state index contributed by atoms with van der Waals surface area (Å²) >= 11 is 0. The summed E-state index contributed by atoms with van der Waals surface area (Å²) in [5.41, 5.74) is 3.40. The van der Waals surface area contributed by atoms with E-state index in [4.69, 9.17) is 4.74 Å². The summed E-state index contributed by atoms with van der Waals surface area (Å²) in [6.07, 6.45) is 1.87. The Morgan fingerprint density at radius 2 is 1.77 bits per heavy atom. The molecule has 0 fully saturated rings. The average molecular weight is 477 g/mol. The molecule has 3 aromatic rings. The van der Waals surface area contributed by atoms with Crippen molar-refractivity contribution in [1.82, 2.24) is 5.32 Å². The summed E-state index contributed by atoms with van der Waals surface area (Å²) in [4.78, 5) is 36.7. The Kier molecular flexibility index (Phi) is 8.39. The van der Waals surface area contributed by atoms with E-state index in [2.05, 4.69) is 22.9 Å². The molecular formula is C26H28N4O5. The van der Waals surface area contributed by atoms with Gasteiger partial charge in [-0.15, -0.1) is 0 Å². The third kappa shape index (κ3) is 6.57. The van der Waals surface area contributed by atoms with E-state index in [9.17, 15) is 19.7 Å². The molecule has 1 unspecified atom stereocenters. The van der Waals surface area contributed by atoms with E-state index >= 15 is 0 Å². The largest absolute Gasteiger partial charge is 0.495 e. The molecule has 35 heavy (non-hydrogen) atoms. The molecule has 0 saturated carbocycles. The van der Waals surface area contributed by atoms with Crippen LogP contribution in [0.2, 0.25) is 0 Å². The van der Waals surface area contributed by atoms with Gasteiger partial charge in [0, 0.05) is 17.8 Å². The van der Waals surface area contributed by atoms with Gasteiger partial charge in [-0.25, -0.2) is 4.79 Å². The molecule has 3 aromatic carbocycles. The van der Waals surface area contributed by atoms with Crippen LogP contribution in [0.3, 0.4) is 0 Å². The highest BCUT2D eigenvalue weighted by atomic mass is 16.6. The number of nitrogens with one attached hydrogen (secondary N) is 3. The van der Waals surface area contributed by atoms with Crippen molar-refractivity contribution in [3.05, 3.63) is 93.5 Å². The maximum atomic E-state index is 13.3. The van der Waals surface area contributed by atoms with Gasteiger partial charge in [0.1, 0.15) is 11.8 Å². The van der Waals surface area contributed by atoms with Crippen LogP contribution in [0.5, 0.6) is 5.75 Å². The molecule has 1 atom stereocenters. The van der Waals surface area contributed by atoms with Crippen LogP contribution in [0, 0.1) is 17.0 Å². The third-order valence-corrected chi connectivity index (χ3v) is 5.45. The van der Waals surface area contributed by atoms with Crippen molar-refractivity contribution in [1.29, 1.82) is 0 Å². The molecule has 3 amide bonds. The SMILES string of the molecule is CCCc1cc(NC(=O)C(NC(=O)Nc2cc([N+](=O)[O-])ccc2OC)c2ccccc2)ccc1C. The summed E-state index contributed by atoms with van der Waals surface area (Å²) in [6, 6.07) is 16.6. The van der Waals surface area contributed by atoms with E-state index in [0.29, 0.717) is 11.3 Å². The number of nitro benzene ring substituents is 1. The zero-order chi connectivity index (χ0) is 25.4. The Hall–Kier alpha value is -4.40. The van der Waals surface area contributed by atoms with E-state index in [1.807, 2.05) is 31.2 Å². The second-order valence-corrected chi connectivity index (χ2v) is 7.96. The third-order valence-electron chi connectivity index (χ3n) is 5.45. The molecule has 0 aliphatic rings. The number of benzene rings is 3. The predicted octanol–water partition coefficient (Wildman–Crippen LogP) is 5.37. The van der Waals surface area contributed by atoms with Gasteiger partial charge in [0.05, 0.1) is 17.7 Å². The number of hydrogen-bond donors (Lipinski definition) is 3. The van der Waals surface area contributed by atoms with Crippen molar-refractivity contribution in [3.8, 4) is 5.75 Å². The number of aryl methyl sites for hydroxylation is 2. The minimum absolute atomic E-state index is 0.106. The predicted molar refractivity (Wildman–Crippen MR) is 135 cm³/mol. The number of nitro groups is 1. The number of carbonyl (C=O) groups excluding carboxylic acids is 2. The lowest BCUT2D eigenvalue weighted by Crippen LogP contribution is -2.39. The Morgan fingerprint density at radius 1 is 1.03 bits per heavy atom. The highest BCUT2D eigenvalue weighted by Gasteiger charge is 2.24. The molecule has 0 aliphatic carbocycles. The van der Waals surface area contributed by atoms with Gasteiger partial charge in [-0.2, -0.15) is 0 Å². The van der Waals surface area contributed by atoms with Crippen LogP contribution in [0.4, 0.5) is 21.9 Å².